The molecule has 0 bridgehead atoms. The van der Waals surface area contributed by atoms with Crippen LogP contribution in [0.25, 0.3) is 11.0 Å². The fraction of sp³-hybridized carbons (Fsp3) is 0.368. The number of amides is 1. The van der Waals surface area contributed by atoms with E-state index in [0.29, 0.717) is 30.1 Å². The van der Waals surface area contributed by atoms with E-state index >= 15 is 0 Å². The van der Waals surface area contributed by atoms with Gasteiger partial charge in [0.1, 0.15) is 23.8 Å². The normalized spacial score (nSPS) is 19.3. The van der Waals surface area contributed by atoms with Gasteiger partial charge in [0.15, 0.2) is 0 Å². The first-order valence-electron chi connectivity index (χ1n) is 8.56. The Kier molecular flexibility index (Phi) is 4.05. The van der Waals surface area contributed by atoms with Crippen molar-refractivity contribution in [2.24, 2.45) is 13.0 Å². The van der Waals surface area contributed by atoms with E-state index in [2.05, 4.69) is 4.98 Å². The van der Waals surface area contributed by atoms with Gasteiger partial charge < -0.3 is 19.0 Å². The molecule has 1 aliphatic rings. The number of aryl methyl sites for hydroxylation is 1. The summed E-state index contributed by atoms with van der Waals surface area (Å²) < 4.78 is 7.33. The summed E-state index contributed by atoms with van der Waals surface area (Å²) >= 11 is 0. The number of carbonyl (C=O) groups is 1. The van der Waals surface area contributed by atoms with Crippen molar-refractivity contribution >= 4 is 16.9 Å². The third-order valence-electron chi connectivity index (χ3n) is 5.03. The average Bonchev–Trinajstić information content (AvgIpc) is 3.27. The largest absolute Gasteiger partial charge is 0.463 e. The predicted octanol–water partition coefficient (Wildman–Crippen LogP) is 2.75. The topological polar surface area (TPSA) is 71.5 Å². The summed E-state index contributed by atoms with van der Waals surface area (Å²) in [6.45, 7) is 1.22. The summed E-state index contributed by atoms with van der Waals surface area (Å²) in [4.78, 5) is 19.0. The molecule has 2 atom stereocenters. The van der Waals surface area contributed by atoms with E-state index in [1.165, 1.54) is 6.26 Å². The van der Waals surface area contributed by atoms with Crippen LogP contribution in [-0.2, 0) is 7.05 Å². The van der Waals surface area contributed by atoms with Crippen LogP contribution in [-0.4, -0.2) is 38.6 Å². The maximum atomic E-state index is 13.0. The van der Waals surface area contributed by atoms with Crippen LogP contribution in [0.5, 0.6) is 0 Å². The number of piperidine rings is 1. The number of aliphatic hydroxyl groups is 1. The highest BCUT2D eigenvalue weighted by Gasteiger charge is 2.32. The molecular weight excluding hydrogens is 318 g/mol. The highest BCUT2D eigenvalue weighted by Crippen LogP contribution is 2.30. The van der Waals surface area contributed by atoms with E-state index in [9.17, 15) is 9.90 Å². The number of furan rings is 1. The van der Waals surface area contributed by atoms with Gasteiger partial charge in [-0.25, -0.2) is 4.98 Å². The fourth-order valence-corrected chi connectivity index (χ4v) is 3.64. The van der Waals surface area contributed by atoms with Gasteiger partial charge in [0.25, 0.3) is 5.91 Å². The second-order valence-corrected chi connectivity index (χ2v) is 6.64. The Balaban J connectivity index is 1.55. The summed E-state index contributed by atoms with van der Waals surface area (Å²) in [6, 6.07) is 7.55. The second-order valence-electron chi connectivity index (χ2n) is 6.64. The Hall–Kier alpha value is -2.60. The molecule has 25 heavy (non-hydrogen) atoms. The van der Waals surface area contributed by atoms with Gasteiger partial charge >= 0.3 is 0 Å². The zero-order chi connectivity index (χ0) is 17.4. The third-order valence-corrected chi connectivity index (χ3v) is 5.03. The number of nitrogens with zero attached hydrogens (tertiary/aromatic N) is 3. The quantitative estimate of drug-likeness (QED) is 0.796. The van der Waals surface area contributed by atoms with Crippen molar-refractivity contribution in [3.05, 3.63) is 54.3 Å². The Bertz CT molecular complexity index is 898. The minimum Gasteiger partial charge on any atom is -0.463 e. The Morgan fingerprint density at radius 1 is 1.40 bits per heavy atom. The summed E-state index contributed by atoms with van der Waals surface area (Å²) in [5.41, 5.74) is 1.30. The fourth-order valence-electron chi connectivity index (χ4n) is 3.64. The molecule has 0 aliphatic carbocycles. The number of aliphatic hydroxyl groups excluding tert-OH is 1. The average molecular weight is 339 g/mol. The van der Waals surface area contributed by atoms with Crippen molar-refractivity contribution in [3.8, 4) is 0 Å². The molecule has 4 rings (SSSR count). The van der Waals surface area contributed by atoms with E-state index in [0.717, 1.165) is 18.2 Å². The number of benzene rings is 1. The molecule has 1 fully saturated rings. The SMILES string of the molecule is Cn1ccnc1C(O)C1CCCN(C(=O)c2coc3ccccc23)C1. The molecule has 3 heterocycles. The van der Waals surface area contributed by atoms with Crippen LogP contribution in [0.2, 0.25) is 0 Å². The van der Waals surface area contributed by atoms with Crippen LogP contribution in [0.1, 0.15) is 35.1 Å². The van der Waals surface area contributed by atoms with Crippen molar-refractivity contribution in [2.75, 3.05) is 13.1 Å². The monoisotopic (exact) mass is 339 g/mol. The van der Waals surface area contributed by atoms with E-state index in [1.54, 1.807) is 6.20 Å². The molecule has 1 amide bonds. The predicted molar refractivity (Wildman–Crippen MR) is 93.0 cm³/mol. The molecular formula is C19H21N3O3. The maximum absolute atomic E-state index is 13.0. The van der Waals surface area contributed by atoms with Gasteiger partial charge in [-0.1, -0.05) is 18.2 Å². The smallest absolute Gasteiger partial charge is 0.257 e. The van der Waals surface area contributed by atoms with Crippen molar-refractivity contribution in [3.63, 3.8) is 0 Å². The van der Waals surface area contributed by atoms with Crippen molar-refractivity contribution < 1.29 is 14.3 Å². The van der Waals surface area contributed by atoms with Crippen molar-refractivity contribution in [1.82, 2.24) is 14.5 Å². The van der Waals surface area contributed by atoms with Crippen LogP contribution in [0.4, 0.5) is 0 Å². The minimum atomic E-state index is -0.670. The van der Waals surface area contributed by atoms with Gasteiger partial charge in [0.05, 0.1) is 5.56 Å². The maximum Gasteiger partial charge on any atom is 0.257 e. The summed E-state index contributed by atoms with van der Waals surface area (Å²) in [7, 11) is 1.87. The molecule has 1 aliphatic heterocycles. The zero-order valence-corrected chi connectivity index (χ0v) is 14.1. The molecule has 6 heteroatoms. The summed E-state index contributed by atoms with van der Waals surface area (Å²) in [5, 5.41) is 11.5. The van der Waals surface area contributed by atoms with Gasteiger partial charge in [0.2, 0.25) is 0 Å². The number of rotatable bonds is 3. The molecule has 0 saturated carbocycles. The minimum absolute atomic E-state index is 0.0167. The van der Waals surface area contributed by atoms with Gasteiger partial charge in [0, 0.05) is 43.8 Å². The first-order chi connectivity index (χ1) is 12.1. The van der Waals surface area contributed by atoms with Crippen LogP contribution in [0.15, 0.2) is 47.3 Å². The highest BCUT2D eigenvalue weighted by molar-refractivity contribution is 6.05. The van der Waals surface area contributed by atoms with Gasteiger partial charge in [-0.15, -0.1) is 0 Å². The number of likely N-dealkylation sites (tertiary alicyclic amines) is 1. The van der Waals surface area contributed by atoms with Crippen LogP contribution in [0.3, 0.4) is 0 Å². The highest BCUT2D eigenvalue weighted by atomic mass is 16.3. The molecule has 130 valence electrons. The second kappa shape index (κ2) is 6.37. The summed E-state index contributed by atoms with van der Waals surface area (Å²) in [6.07, 6.45) is 6.12. The molecule has 1 saturated heterocycles. The van der Waals surface area contributed by atoms with Crippen LogP contribution >= 0.6 is 0 Å². The van der Waals surface area contributed by atoms with Crippen molar-refractivity contribution in [2.45, 2.75) is 18.9 Å². The lowest BCUT2D eigenvalue weighted by molar-refractivity contribution is 0.0359. The molecule has 2 unspecified atom stereocenters. The molecule has 1 N–H and O–H groups in total. The lowest BCUT2D eigenvalue weighted by atomic mass is 9.91. The Morgan fingerprint density at radius 2 is 2.24 bits per heavy atom. The zero-order valence-electron chi connectivity index (χ0n) is 14.1. The molecule has 0 radical (unpaired) electrons. The first kappa shape index (κ1) is 15.9. The number of hydrogen-bond donors (Lipinski definition) is 1. The number of hydrogen-bond acceptors (Lipinski definition) is 4. The van der Waals surface area contributed by atoms with Crippen LogP contribution < -0.4 is 0 Å². The number of para-hydroxylation sites is 1. The van der Waals surface area contributed by atoms with Gasteiger partial charge in [-0.2, -0.15) is 0 Å². The first-order valence-corrected chi connectivity index (χ1v) is 8.56. The molecule has 3 aromatic rings. The van der Waals surface area contributed by atoms with E-state index in [-0.39, 0.29) is 11.8 Å². The van der Waals surface area contributed by atoms with Crippen molar-refractivity contribution in [1.29, 1.82) is 0 Å². The standard InChI is InChI=1S/C19H21N3O3/c1-21-10-8-20-18(21)17(23)13-5-4-9-22(11-13)19(24)15-12-25-16-7-3-2-6-14(15)16/h2-3,6-8,10,12-13,17,23H,4-5,9,11H2,1H3. The lowest BCUT2D eigenvalue weighted by Crippen LogP contribution is -2.42. The van der Waals surface area contributed by atoms with E-state index in [4.69, 9.17) is 4.42 Å². The van der Waals surface area contributed by atoms with Crippen LogP contribution in [0, 0.1) is 5.92 Å². The number of imidazole rings is 1. The molecule has 6 nitrogen and oxygen atoms in total. The van der Waals surface area contributed by atoms with E-state index in [1.807, 2.05) is 47.0 Å². The van der Waals surface area contributed by atoms with E-state index < -0.39 is 6.10 Å². The number of aromatic nitrogens is 2. The Morgan fingerprint density at radius 3 is 3.04 bits per heavy atom. The van der Waals surface area contributed by atoms with Gasteiger partial charge in [-0.3, -0.25) is 4.79 Å². The molecule has 1 aromatic carbocycles. The molecule has 0 spiro atoms. The number of carbonyl (C=O) groups excluding carboxylic acids is 1. The Labute approximate surface area is 145 Å². The lowest BCUT2D eigenvalue weighted by Gasteiger charge is -2.34. The molecule has 2 aromatic heterocycles. The third kappa shape index (κ3) is 2.82. The summed E-state index contributed by atoms with van der Waals surface area (Å²) in [5.74, 6) is 0.590. The van der Waals surface area contributed by atoms with Gasteiger partial charge in [-0.05, 0) is 18.9 Å². The number of fused-ring (bicyclic) bond motifs is 1.